The maximum Gasteiger partial charge on any atom is 0.262 e. The fourth-order valence-electron chi connectivity index (χ4n) is 3.20. The van der Waals surface area contributed by atoms with E-state index in [0.29, 0.717) is 0 Å². The van der Waals surface area contributed by atoms with Crippen LogP contribution in [0.15, 0.2) is 41.5 Å². The quantitative estimate of drug-likeness (QED) is 0.713. The van der Waals surface area contributed by atoms with Crippen molar-refractivity contribution in [3.05, 3.63) is 58.9 Å². The molecule has 0 saturated heterocycles. The molecule has 0 radical (unpaired) electrons. The topological polar surface area (TPSA) is 55.2 Å². The van der Waals surface area contributed by atoms with Crippen LogP contribution in [-0.4, -0.2) is 22.3 Å². The maximum atomic E-state index is 12.5. The zero-order valence-corrected chi connectivity index (χ0v) is 10.2. The number of rotatable bonds is 0. The van der Waals surface area contributed by atoms with Gasteiger partial charge in [0.1, 0.15) is 5.41 Å². The van der Waals surface area contributed by atoms with Crippen LogP contribution in [0.5, 0.6) is 0 Å². The minimum atomic E-state index is -0.713. The Morgan fingerprint density at radius 2 is 2.05 bits per heavy atom. The SMILES string of the molecule is O=C1N=Cc2ccnnc2C12CCc1ccccc12. The zero-order chi connectivity index (χ0) is 12.9. The third-order valence-corrected chi connectivity index (χ3v) is 4.09. The fourth-order valence-corrected chi connectivity index (χ4v) is 3.20. The molecule has 2 heterocycles. The second-order valence-corrected chi connectivity index (χ2v) is 4.96. The van der Waals surface area contributed by atoms with Crippen molar-refractivity contribution < 1.29 is 4.79 Å². The average molecular weight is 249 g/mol. The highest BCUT2D eigenvalue weighted by molar-refractivity contribution is 6.05. The molecule has 4 heteroatoms. The van der Waals surface area contributed by atoms with E-state index < -0.39 is 5.41 Å². The van der Waals surface area contributed by atoms with Gasteiger partial charge in [-0.15, -0.1) is 0 Å². The van der Waals surface area contributed by atoms with Crippen LogP contribution < -0.4 is 0 Å². The number of aromatic nitrogens is 2. The van der Waals surface area contributed by atoms with Gasteiger partial charge in [0.25, 0.3) is 5.91 Å². The normalized spacial score (nSPS) is 23.5. The smallest absolute Gasteiger partial charge is 0.262 e. The van der Waals surface area contributed by atoms with Crippen LogP contribution in [0.4, 0.5) is 0 Å². The molecule has 1 spiro atoms. The van der Waals surface area contributed by atoms with Gasteiger partial charge in [-0.25, -0.2) is 4.99 Å². The fraction of sp³-hybridized carbons (Fsp3) is 0.200. The molecule has 4 nitrogen and oxygen atoms in total. The Labute approximate surface area is 110 Å². The van der Waals surface area contributed by atoms with Crippen molar-refractivity contribution in [2.45, 2.75) is 18.3 Å². The Hall–Kier alpha value is -2.36. The molecular formula is C15H11N3O. The van der Waals surface area contributed by atoms with Gasteiger partial charge in [-0.05, 0) is 30.0 Å². The summed E-state index contributed by atoms with van der Waals surface area (Å²) in [6.07, 6.45) is 4.84. The molecule has 0 bridgehead atoms. The summed E-state index contributed by atoms with van der Waals surface area (Å²) in [7, 11) is 0. The molecule has 19 heavy (non-hydrogen) atoms. The largest absolute Gasteiger partial charge is 0.271 e. The molecule has 1 aromatic heterocycles. The summed E-state index contributed by atoms with van der Waals surface area (Å²) in [6.45, 7) is 0. The van der Waals surface area contributed by atoms with Crippen molar-refractivity contribution in [3.63, 3.8) is 0 Å². The van der Waals surface area contributed by atoms with Gasteiger partial charge in [0, 0.05) is 11.8 Å². The number of fused-ring (bicyclic) bond motifs is 4. The lowest BCUT2D eigenvalue weighted by Gasteiger charge is -2.29. The van der Waals surface area contributed by atoms with Crippen LogP contribution in [0.25, 0.3) is 0 Å². The second-order valence-electron chi connectivity index (χ2n) is 4.96. The van der Waals surface area contributed by atoms with E-state index in [2.05, 4.69) is 21.3 Å². The van der Waals surface area contributed by atoms with Crippen LogP contribution in [0, 0.1) is 0 Å². The molecule has 2 aromatic rings. The van der Waals surface area contributed by atoms with Crippen LogP contribution >= 0.6 is 0 Å². The second kappa shape index (κ2) is 3.57. The highest BCUT2D eigenvalue weighted by Gasteiger charge is 2.50. The van der Waals surface area contributed by atoms with Gasteiger partial charge in [-0.2, -0.15) is 10.2 Å². The molecule has 1 aromatic carbocycles. The first-order chi connectivity index (χ1) is 9.32. The summed E-state index contributed by atoms with van der Waals surface area (Å²) < 4.78 is 0. The predicted molar refractivity (Wildman–Crippen MR) is 70.2 cm³/mol. The van der Waals surface area contributed by atoms with Gasteiger partial charge in [-0.3, -0.25) is 4.79 Å². The lowest BCUT2D eigenvalue weighted by molar-refractivity contribution is -0.122. The highest BCUT2D eigenvalue weighted by Crippen LogP contribution is 2.46. The lowest BCUT2D eigenvalue weighted by Crippen LogP contribution is -2.38. The summed E-state index contributed by atoms with van der Waals surface area (Å²) in [5.41, 5.74) is 3.18. The van der Waals surface area contributed by atoms with Gasteiger partial charge >= 0.3 is 0 Å². The number of hydrogen-bond donors (Lipinski definition) is 0. The maximum absolute atomic E-state index is 12.5. The molecule has 0 N–H and O–H groups in total. The first kappa shape index (κ1) is 10.6. The van der Waals surface area contributed by atoms with Gasteiger partial charge in [0.15, 0.2) is 0 Å². The Kier molecular flexibility index (Phi) is 1.98. The molecule has 4 rings (SSSR count). The van der Waals surface area contributed by atoms with E-state index in [1.54, 1.807) is 12.4 Å². The minimum absolute atomic E-state index is 0.120. The average Bonchev–Trinajstić information content (AvgIpc) is 2.85. The third-order valence-electron chi connectivity index (χ3n) is 4.09. The van der Waals surface area contributed by atoms with E-state index in [0.717, 1.165) is 29.7 Å². The van der Waals surface area contributed by atoms with Gasteiger partial charge in [0.05, 0.1) is 11.9 Å². The molecule has 92 valence electrons. The summed E-state index contributed by atoms with van der Waals surface area (Å²) >= 11 is 0. The van der Waals surface area contributed by atoms with Crippen LogP contribution in [0.3, 0.4) is 0 Å². The van der Waals surface area contributed by atoms with Gasteiger partial charge in [-0.1, -0.05) is 24.3 Å². The number of benzene rings is 1. The summed E-state index contributed by atoms with van der Waals surface area (Å²) in [5.74, 6) is -0.120. The standard InChI is InChI=1S/C15H11N3O/c19-14-15(7-5-10-3-1-2-4-12(10)15)13-11(9-16-14)6-8-17-18-13/h1-4,6,8-9H,5,7H2. The van der Waals surface area contributed by atoms with E-state index >= 15 is 0 Å². The Morgan fingerprint density at radius 1 is 1.16 bits per heavy atom. The minimum Gasteiger partial charge on any atom is -0.271 e. The molecule has 1 unspecified atom stereocenters. The van der Waals surface area contributed by atoms with Gasteiger partial charge in [0.2, 0.25) is 0 Å². The number of nitrogens with zero attached hydrogens (tertiary/aromatic N) is 3. The Morgan fingerprint density at radius 3 is 3.00 bits per heavy atom. The molecule has 2 aliphatic rings. The molecule has 1 aliphatic carbocycles. The molecule has 0 fully saturated rings. The third kappa shape index (κ3) is 1.23. The predicted octanol–water partition coefficient (Wildman–Crippen LogP) is 1.67. The van der Waals surface area contributed by atoms with Crippen LogP contribution in [-0.2, 0) is 16.6 Å². The number of carbonyl (C=O) groups excluding carboxylic acids is 1. The van der Waals surface area contributed by atoms with Crippen molar-refractivity contribution in [1.82, 2.24) is 10.2 Å². The molecule has 0 saturated carbocycles. The molecule has 1 atom stereocenters. The monoisotopic (exact) mass is 249 g/mol. The van der Waals surface area contributed by atoms with E-state index in [1.165, 1.54) is 5.56 Å². The highest BCUT2D eigenvalue weighted by atomic mass is 16.1. The van der Waals surface area contributed by atoms with E-state index in [9.17, 15) is 4.79 Å². The summed E-state index contributed by atoms with van der Waals surface area (Å²) in [6, 6.07) is 9.92. The molecule has 1 amide bonds. The van der Waals surface area contributed by atoms with E-state index in [-0.39, 0.29) is 5.91 Å². The van der Waals surface area contributed by atoms with Crippen molar-refractivity contribution >= 4 is 12.1 Å². The number of hydrogen-bond acceptors (Lipinski definition) is 3. The summed E-state index contributed by atoms with van der Waals surface area (Å²) in [4.78, 5) is 16.6. The Bertz CT molecular complexity index is 723. The number of amides is 1. The van der Waals surface area contributed by atoms with Crippen LogP contribution in [0.2, 0.25) is 0 Å². The zero-order valence-electron chi connectivity index (χ0n) is 10.2. The molecule has 1 aliphatic heterocycles. The van der Waals surface area contributed by atoms with E-state index in [4.69, 9.17) is 0 Å². The van der Waals surface area contributed by atoms with Crippen molar-refractivity contribution in [2.75, 3.05) is 0 Å². The van der Waals surface area contributed by atoms with Crippen molar-refractivity contribution in [1.29, 1.82) is 0 Å². The number of aryl methyl sites for hydroxylation is 1. The first-order valence-corrected chi connectivity index (χ1v) is 6.31. The Balaban J connectivity index is 2.06. The summed E-state index contributed by atoms with van der Waals surface area (Å²) in [5, 5.41) is 8.20. The number of aliphatic imine (C=N–C) groups is 1. The number of carbonyl (C=O) groups is 1. The first-order valence-electron chi connectivity index (χ1n) is 6.31. The van der Waals surface area contributed by atoms with Crippen molar-refractivity contribution in [3.8, 4) is 0 Å². The van der Waals surface area contributed by atoms with E-state index in [1.807, 2.05) is 24.3 Å². The lowest BCUT2D eigenvalue weighted by atomic mass is 9.75. The van der Waals surface area contributed by atoms with Gasteiger partial charge < -0.3 is 0 Å². The molecular weight excluding hydrogens is 238 g/mol. The van der Waals surface area contributed by atoms with Crippen molar-refractivity contribution in [2.24, 2.45) is 4.99 Å². The van der Waals surface area contributed by atoms with Crippen LogP contribution in [0.1, 0.15) is 28.8 Å².